The van der Waals surface area contributed by atoms with E-state index in [9.17, 15) is 19.6 Å². The Morgan fingerprint density at radius 1 is 1.56 bits per heavy atom. The topological polar surface area (TPSA) is 135 Å². The zero-order chi connectivity index (χ0) is 20.6. The molecule has 5 atom stereocenters. The second kappa shape index (κ2) is 8.19. The second-order valence-corrected chi connectivity index (χ2v) is 8.12. The number of hydrogen-bond donors (Lipinski definition) is 2. The van der Waals surface area contributed by atoms with Crippen molar-refractivity contribution in [2.45, 2.75) is 44.5 Å². The molecule has 142 valence electrons. The fourth-order valence-corrected chi connectivity index (χ4v) is 4.30. The Kier molecular flexibility index (Phi) is 5.73. The third-order valence-electron chi connectivity index (χ3n) is 3.30. The molecule has 0 bridgehead atoms. The van der Waals surface area contributed by atoms with E-state index in [4.69, 9.17) is 33.1 Å². The fraction of sp³-hybridized carbons (Fsp3) is 0.692. The lowest BCUT2D eigenvalue weighted by Crippen LogP contribution is -2.40. The first kappa shape index (κ1) is 17.5. The highest BCUT2D eigenvalue weighted by atomic mass is 32.5. The summed E-state index contributed by atoms with van der Waals surface area (Å²) in [4.78, 5) is 37.7. The second-order valence-electron chi connectivity index (χ2n) is 5.47. The van der Waals surface area contributed by atoms with Crippen LogP contribution in [0.25, 0.3) is 0 Å². The van der Waals surface area contributed by atoms with Gasteiger partial charge in [0.25, 0.3) is 5.56 Å². The summed E-state index contributed by atoms with van der Waals surface area (Å²) in [6.45, 7) is -3.89. The molecule has 1 saturated heterocycles. The monoisotopic (exact) mass is 397 g/mol. The molecule has 0 spiro atoms. The molecule has 0 amide bonds. The number of ether oxygens (including phenoxy) is 2. The minimum atomic E-state index is -4.09. The highest BCUT2D eigenvalue weighted by Gasteiger charge is 2.48. The number of H-pyrrole nitrogens is 1. The lowest BCUT2D eigenvalue weighted by Gasteiger charge is -2.34. The summed E-state index contributed by atoms with van der Waals surface area (Å²) < 4.78 is 37.1. The number of aliphatic hydroxyl groups is 1. The third-order valence-corrected chi connectivity index (χ3v) is 5.00. The summed E-state index contributed by atoms with van der Waals surface area (Å²) in [5.41, 5.74) is -1.50. The van der Waals surface area contributed by atoms with Crippen LogP contribution >= 0.6 is 6.72 Å². The molecule has 0 aliphatic carbocycles. The maximum atomic E-state index is 12.4. The Morgan fingerprint density at radius 2 is 2.24 bits per heavy atom. The van der Waals surface area contributed by atoms with E-state index in [-0.39, 0.29) is 0 Å². The van der Waals surface area contributed by atoms with Crippen LogP contribution in [0.15, 0.2) is 21.9 Å². The van der Waals surface area contributed by atoms with Crippen molar-refractivity contribution >= 4 is 18.5 Å². The van der Waals surface area contributed by atoms with Crippen molar-refractivity contribution in [2.75, 3.05) is 13.7 Å². The molecule has 10 nitrogen and oxygen atoms in total. The van der Waals surface area contributed by atoms with Gasteiger partial charge in [-0.1, -0.05) is 11.8 Å². The zero-order valence-electron chi connectivity index (χ0n) is 15.6. The largest absolute Gasteiger partial charge is 0.780 e. The molecule has 0 aromatic carbocycles. The summed E-state index contributed by atoms with van der Waals surface area (Å²) >= 11 is 4.81. The van der Waals surface area contributed by atoms with E-state index in [2.05, 4.69) is 0 Å². The van der Waals surface area contributed by atoms with Crippen molar-refractivity contribution in [3.63, 3.8) is 0 Å². The average molecular weight is 397 g/mol. The molecule has 2 heterocycles. The summed E-state index contributed by atoms with van der Waals surface area (Å²) in [6, 6.07) is 1.05. The smallest absolute Gasteiger partial charge is 0.330 e. The standard InChI is InChI=1S/C13H21N2O8PS/c1-7(2)22-24(19,25)23-10-8(6-16)21-12(11(10)20-3)15-5-4-9(17)14-13(15)18/h4-5,7-8,10-12,16H,6H2,1-3H3,(H,19,25)(H,14,17,18)/p-1/t8-,10+,11?,12-,24?/m1/s1/i6D2. The number of nitrogens with one attached hydrogen (secondary N) is 1. The van der Waals surface area contributed by atoms with Crippen LogP contribution in [-0.2, 0) is 30.3 Å². The maximum absolute atomic E-state index is 12.4. The Morgan fingerprint density at radius 3 is 2.76 bits per heavy atom. The molecule has 12 heteroatoms. The molecule has 1 fully saturated rings. The number of hydrogen-bond acceptors (Lipinski definition) is 9. The van der Waals surface area contributed by atoms with Crippen LogP contribution in [0.3, 0.4) is 0 Å². The summed E-state index contributed by atoms with van der Waals surface area (Å²) in [5, 5.41) is 9.82. The first-order valence-corrected chi connectivity index (χ1v) is 9.81. The van der Waals surface area contributed by atoms with Crippen LogP contribution in [0.2, 0.25) is 0 Å². The summed E-state index contributed by atoms with van der Waals surface area (Å²) in [6.07, 6.45) is -5.11. The van der Waals surface area contributed by atoms with Gasteiger partial charge in [-0.3, -0.25) is 14.3 Å². The van der Waals surface area contributed by atoms with E-state index >= 15 is 0 Å². The minimum Gasteiger partial charge on any atom is -0.780 e. The molecule has 25 heavy (non-hydrogen) atoms. The van der Waals surface area contributed by atoms with Crippen LogP contribution in [0.5, 0.6) is 0 Å². The van der Waals surface area contributed by atoms with Crippen LogP contribution < -0.4 is 16.1 Å². The molecule has 1 aliphatic rings. The SMILES string of the molecule is [2H]C([2H])(O)[C@H]1O[C@@H](n2ccc(=O)[nH]c2=O)C(OC)[C@H]1OP([O-])(=S)OC(C)C. The quantitative estimate of drug-likeness (QED) is 0.546. The Bertz CT molecular complexity index is 826. The zero-order valence-corrected chi connectivity index (χ0v) is 15.4. The fourth-order valence-electron chi connectivity index (χ4n) is 2.39. The number of aromatic amines is 1. The van der Waals surface area contributed by atoms with Crippen molar-refractivity contribution in [3.05, 3.63) is 33.1 Å². The van der Waals surface area contributed by atoms with Crippen molar-refractivity contribution in [1.82, 2.24) is 9.55 Å². The Labute approximate surface area is 151 Å². The Balaban J connectivity index is 2.44. The van der Waals surface area contributed by atoms with E-state index in [0.717, 1.165) is 16.8 Å². The molecule has 1 aromatic rings. The summed E-state index contributed by atoms with van der Waals surface area (Å²) in [5.74, 6) is 0. The molecule has 0 saturated carbocycles. The average Bonchev–Trinajstić information content (AvgIpc) is 2.83. The number of nitrogens with zero attached hydrogens (tertiary/aromatic N) is 1. The highest BCUT2D eigenvalue weighted by Crippen LogP contribution is 2.46. The van der Waals surface area contributed by atoms with Gasteiger partial charge in [-0.2, -0.15) is 0 Å². The van der Waals surface area contributed by atoms with Crippen molar-refractivity contribution in [2.24, 2.45) is 0 Å². The van der Waals surface area contributed by atoms with Crippen LogP contribution in [0, 0.1) is 0 Å². The van der Waals surface area contributed by atoms with Gasteiger partial charge in [0, 0.05) is 19.4 Å². The van der Waals surface area contributed by atoms with Gasteiger partial charge < -0.3 is 28.5 Å². The minimum absolute atomic E-state index is 0.543. The lowest BCUT2D eigenvalue weighted by molar-refractivity contribution is -0.218. The number of methoxy groups -OCH3 is 1. The third kappa shape index (κ3) is 4.83. The van der Waals surface area contributed by atoms with E-state index in [1.54, 1.807) is 13.8 Å². The van der Waals surface area contributed by atoms with Gasteiger partial charge in [-0.05, 0) is 13.8 Å². The maximum Gasteiger partial charge on any atom is 0.330 e. The van der Waals surface area contributed by atoms with E-state index in [1.807, 2.05) is 4.98 Å². The van der Waals surface area contributed by atoms with Gasteiger partial charge in [0.15, 0.2) is 6.23 Å². The van der Waals surface area contributed by atoms with Crippen molar-refractivity contribution in [3.8, 4) is 0 Å². The van der Waals surface area contributed by atoms with Gasteiger partial charge in [-0.15, -0.1) is 0 Å². The van der Waals surface area contributed by atoms with Gasteiger partial charge in [0.1, 0.15) is 25.0 Å². The molecule has 1 aliphatic heterocycles. The van der Waals surface area contributed by atoms with Gasteiger partial charge in [-0.25, -0.2) is 4.79 Å². The summed E-state index contributed by atoms with van der Waals surface area (Å²) in [7, 11) is 1.22. The van der Waals surface area contributed by atoms with Gasteiger partial charge in [0.05, 0.1) is 15.4 Å². The van der Waals surface area contributed by atoms with E-state index in [0.29, 0.717) is 0 Å². The number of rotatable bonds is 7. The molecule has 1 aromatic heterocycles. The highest BCUT2D eigenvalue weighted by molar-refractivity contribution is 8.06. The van der Waals surface area contributed by atoms with Crippen LogP contribution in [-0.4, -0.2) is 52.7 Å². The molecule has 0 radical (unpaired) electrons. The predicted octanol–water partition coefficient (Wildman–Crippen LogP) is -1.16. The van der Waals surface area contributed by atoms with Crippen LogP contribution in [0.1, 0.15) is 22.8 Å². The lowest BCUT2D eigenvalue weighted by atomic mass is 10.1. The van der Waals surface area contributed by atoms with Crippen molar-refractivity contribution in [1.29, 1.82) is 0 Å². The van der Waals surface area contributed by atoms with Gasteiger partial charge >= 0.3 is 5.69 Å². The first-order valence-electron chi connectivity index (χ1n) is 8.25. The normalized spacial score (nSPS) is 30.8. The molecule has 2 N–H and O–H groups in total. The van der Waals surface area contributed by atoms with Crippen molar-refractivity contribution < 1.29 is 31.3 Å². The van der Waals surface area contributed by atoms with Crippen LogP contribution in [0.4, 0.5) is 0 Å². The van der Waals surface area contributed by atoms with Gasteiger partial charge in [0.2, 0.25) is 0 Å². The first-order chi connectivity index (χ1) is 12.4. The molecule has 2 rings (SSSR count). The molecular weight excluding hydrogens is 375 g/mol. The Hall–Kier alpha value is -0.910. The predicted molar refractivity (Wildman–Crippen MR) is 88.5 cm³/mol. The molecule has 2 unspecified atom stereocenters. The van der Waals surface area contributed by atoms with E-state index in [1.165, 1.54) is 7.11 Å². The molecular formula is C13H20N2O8PS-. The number of aromatic nitrogens is 2. The van der Waals surface area contributed by atoms with E-state index < -0.39 is 55.2 Å².